The molecule has 1 rings (SSSR count). The van der Waals surface area contributed by atoms with Crippen LogP contribution in [0.15, 0.2) is 30.3 Å². The van der Waals surface area contributed by atoms with E-state index >= 15 is 0 Å². The van der Waals surface area contributed by atoms with Crippen LogP contribution in [-0.4, -0.2) is 19.2 Å². The standard InChI is InChI=1S/C19H33NO/c1-5-7-13-19(6-2,15-20-17(3)4)16-21-14-18-11-9-8-10-12-18/h8-12,17,20H,5-7,13-16H2,1-4H3. The first kappa shape index (κ1) is 18.2. The second kappa shape index (κ2) is 9.97. The molecule has 0 spiro atoms. The van der Waals surface area contributed by atoms with Gasteiger partial charge in [0.1, 0.15) is 0 Å². The normalized spacial score (nSPS) is 14.3. The van der Waals surface area contributed by atoms with E-state index in [4.69, 9.17) is 4.74 Å². The first-order valence-electron chi connectivity index (χ1n) is 8.47. The van der Waals surface area contributed by atoms with Crippen LogP contribution >= 0.6 is 0 Å². The fourth-order valence-electron chi connectivity index (χ4n) is 2.55. The maximum absolute atomic E-state index is 6.07. The molecule has 120 valence electrons. The minimum atomic E-state index is 0.273. The monoisotopic (exact) mass is 291 g/mol. The average molecular weight is 291 g/mol. The highest BCUT2D eigenvalue weighted by Crippen LogP contribution is 2.29. The number of ether oxygens (including phenoxy) is 1. The molecule has 1 atom stereocenters. The molecular weight excluding hydrogens is 258 g/mol. The Hall–Kier alpha value is -0.860. The van der Waals surface area contributed by atoms with Gasteiger partial charge in [0.15, 0.2) is 0 Å². The zero-order valence-corrected chi connectivity index (χ0v) is 14.3. The van der Waals surface area contributed by atoms with E-state index in [1.807, 2.05) is 6.07 Å². The zero-order valence-electron chi connectivity index (χ0n) is 14.3. The van der Waals surface area contributed by atoms with Gasteiger partial charge in [-0.05, 0) is 18.4 Å². The van der Waals surface area contributed by atoms with Gasteiger partial charge in [0.25, 0.3) is 0 Å². The van der Waals surface area contributed by atoms with Crippen LogP contribution in [0.3, 0.4) is 0 Å². The van der Waals surface area contributed by atoms with Crippen molar-refractivity contribution in [1.29, 1.82) is 0 Å². The van der Waals surface area contributed by atoms with Gasteiger partial charge in [0, 0.05) is 18.0 Å². The van der Waals surface area contributed by atoms with E-state index in [0.717, 1.165) is 19.8 Å². The van der Waals surface area contributed by atoms with Gasteiger partial charge < -0.3 is 10.1 Å². The fraction of sp³-hybridized carbons (Fsp3) is 0.684. The molecule has 0 aliphatic rings. The average Bonchev–Trinajstić information content (AvgIpc) is 2.51. The summed E-state index contributed by atoms with van der Waals surface area (Å²) in [6.45, 7) is 11.6. The summed E-state index contributed by atoms with van der Waals surface area (Å²) in [5.41, 5.74) is 1.53. The molecule has 0 aromatic heterocycles. The third kappa shape index (κ3) is 7.10. The van der Waals surface area contributed by atoms with E-state index in [-0.39, 0.29) is 5.41 Å². The predicted molar refractivity (Wildman–Crippen MR) is 91.5 cm³/mol. The third-order valence-corrected chi connectivity index (χ3v) is 4.22. The largest absolute Gasteiger partial charge is 0.376 e. The quantitative estimate of drug-likeness (QED) is 0.633. The van der Waals surface area contributed by atoms with Crippen molar-refractivity contribution in [3.05, 3.63) is 35.9 Å². The Bertz CT molecular complexity index is 363. The second-order valence-corrected chi connectivity index (χ2v) is 6.47. The molecular formula is C19H33NO. The lowest BCUT2D eigenvalue weighted by Gasteiger charge is -2.34. The molecule has 2 nitrogen and oxygen atoms in total. The highest BCUT2D eigenvalue weighted by atomic mass is 16.5. The number of unbranched alkanes of at least 4 members (excludes halogenated alkanes) is 1. The lowest BCUT2D eigenvalue weighted by molar-refractivity contribution is 0.0232. The van der Waals surface area contributed by atoms with Crippen LogP contribution < -0.4 is 5.32 Å². The Labute approximate surface area is 131 Å². The Morgan fingerprint density at radius 2 is 1.86 bits per heavy atom. The van der Waals surface area contributed by atoms with E-state index in [2.05, 4.69) is 57.3 Å². The van der Waals surface area contributed by atoms with Gasteiger partial charge in [-0.3, -0.25) is 0 Å². The van der Waals surface area contributed by atoms with Crippen LogP contribution in [0.4, 0.5) is 0 Å². The van der Waals surface area contributed by atoms with E-state index in [1.165, 1.54) is 31.2 Å². The highest BCUT2D eigenvalue weighted by molar-refractivity contribution is 5.13. The Morgan fingerprint density at radius 3 is 2.43 bits per heavy atom. The smallest absolute Gasteiger partial charge is 0.0717 e. The summed E-state index contributed by atoms with van der Waals surface area (Å²) in [6.07, 6.45) is 4.94. The van der Waals surface area contributed by atoms with Crippen LogP contribution in [0.1, 0.15) is 58.9 Å². The first-order valence-corrected chi connectivity index (χ1v) is 8.47. The van der Waals surface area contributed by atoms with Crippen molar-refractivity contribution in [2.45, 2.75) is 66.0 Å². The van der Waals surface area contributed by atoms with E-state index in [9.17, 15) is 0 Å². The van der Waals surface area contributed by atoms with Gasteiger partial charge in [-0.2, -0.15) is 0 Å². The Morgan fingerprint density at radius 1 is 1.14 bits per heavy atom. The molecule has 0 aliphatic heterocycles. The van der Waals surface area contributed by atoms with E-state index in [1.54, 1.807) is 0 Å². The molecule has 0 saturated heterocycles. The van der Waals surface area contributed by atoms with Crippen molar-refractivity contribution in [3.63, 3.8) is 0 Å². The van der Waals surface area contributed by atoms with E-state index < -0.39 is 0 Å². The van der Waals surface area contributed by atoms with Crippen molar-refractivity contribution in [3.8, 4) is 0 Å². The van der Waals surface area contributed by atoms with Crippen LogP contribution in [0, 0.1) is 5.41 Å². The summed E-state index contributed by atoms with van der Waals surface area (Å²) < 4.78 is 6.07. The summed E-state index contributed by atoms with van der Waals surface area (Å²) in [7, 11) is 0. The van der Waals surface area contributed by atoms with Crippen molar-refractivity contribution in [1.82, 2.24) is 5.32 Å². The summed E-state index contributed by atoms with van der Waals surface area (Å²) in [5.74, 6) is 0. The molecule has 2 heteroatoms. The summed E-state index contributed by atoms with van der Waals surface area (Å²) in [6, 6.07) is 11.0. The number of benzene rings is 1. The maximum atomic E-state index is 6.07. The number of hydrogen-bond donors (Lipinski definition) is 1. The lowest BCUT2D eigenvalue weighted by atomic mass is 9.80. The molecule has 1 aromatic rings. The number of rotatable bonds is 11. The van der Waals surface area contributed by atoms with Gasteiger partial charge in [0.05, 0.1) is 13.2 Å². The molecule has 1 N–H and O–H groups in total. The molecule has 0 radical (unpaired) electrons. The number of hydrogen-bond acceptors (Lipinski definition) is 2. The number of nitrogens with one attached hydrogen (secondary N) is 1. The SMILES string of the molecule is CCCCC(CC)(CNC(C)C)COCc1ccccc1. The van der Waals surface area contributed by atoms with Crippen molar-refractivity contribution in [2.24, 2.45) is 5.41 Å². The fourth-order valence-corrected chi connectivity index (χ4v) is 2.55. The molecule has 0 amide bonds. The van der Waals surface area contributed by atoms with Gasteiger partial charge in [-0.1, -0.05) is 70.9 Å². The maximum Gasteiger partial charge on any atom is 0.0717 e. The zero-order chi connectivity index (χ0) is 15.6. The van der Waals surface area contributed by atoms with Gasteiger partial charge in [-0.25, -0.2) is 0 Å². The van der Waals surface area contributed by atoms with Crippen LogP contribution in [0.25, 0.3) is 0 Å². The lowest BCUT2D eigenvalue weighted by Crippen LogP contribution is -2.40. The molecule has 0 fully saturated rings. The Kier molecular flexibility index (Phi) is 8.63. The second-order valence-electron chi connectivity index (χ2n) is 6.47. The van der Waals surface area contributed by atoms with Crippen LogP contribution in [-0.2, 0) is 11.3 Å². The predicted octanol–water partition coefficient (Wildman–Crippen LogP) is 4.79. The van der Waals surface area contributed by atoms with Gasteiger partial charge >= 0.3 is 0 Å². The highest BCUT2D eigenvalue weighted by Gasteiger charge is 2.28. The minimum absolute atomic E-state index is 0.273. The minimum Gasteiger partial charge on any atom is -0.376 e. The summed E-state index contributed by atoms with van der Waals surface area (Å²) in [4.78, 5) is 0. The van der Waals surface area contributed by atoms with Gasteiger partial charge in [0.2, 0.25) is 0 Å². The van der Waals surface area contributed by atoms with Crippen molar-refractivity contribution in [2.75, 3.05) is 13.2 Å². The van der Waals surface area contributed by atoms with Crippen molar-refractivity contribution < 1.29 is 4.74 Å². The summed E-state index contributed by atoms with van der Waals surface area (Å²) >= 11 is 0. The van der Waals surface area contributed by atoms with Crippen molar-refractivity contribution >= 4 is 0 Å². The molecule has 0 aliphatic carbocycles. The topological polar surface area (TPSA) is 21.3 Å². The molecule has 1 unspecified atom stereocenters. The van der Waals surface area contributed by atoms with Gasteiger partial charge in [-0.15, -0.1) is 0 Å². The molecule has 21 heavy (non-hydrogen) atoms. The van der Waals surface area contributed by atoms with E-state index in [0.29, 0.717) is 6.04 Å². The third-order valence-electron chi connectivity index (χ3n) is 4.22. The van der Waals surface area contributed by atoms with Crippen LogP contribution in [0.5, 0.6) is 0 Å². The molecule has 0 saturated carbocycles. The molecule has 1 aromatic carbocycles. The Balaban J connectivity index is 2.53. The summed E-state index contributed by atoms with van der Waals surface area (Å²) in [5, 5.41) is 3.61. The molecule has 0 bridgehead atoms. The first-order chi connectivity index (χ1) is 10.1. The molecule has 0 heterocycles. The van der Waals surface area contributed by atoms with Crippen LogP contribution in [0.2, 0.25) is 0 Å².